The van der Waals surface area contributed by atoms with Crippen molar-refractivity contribution in [3.8, 4) is 0 Å². The molecular weight excluding hydrogens is 319 g/mol. The standard InChI is InChI=1S/C18H18F3NO2/c1-18(11-23-10-13-15(20)7-4-8-16(13)21)9-17(22-24-18)12-5-2-3-6-14(12)19/h2-8,17,22H,9-11H2,1H3/t17?,18-/m0/s1. The first-order valence-corrected chi connectivity index (χ1v) is 7.67. The van der Waals surface area contributed by atoms with Crippen LogP contribution in [0.25, 0.3) is 0 Å². The van der Waals surface area contributed by atoms with Gasteiger partial charge in [-0.05, 0) is 25.1 Å². The first-order chi connectivity index (χ1) is 11.5. The number of hydroxylamine groups is 1. The highest BCUT2D eigenvalue weighted by Crippen LogP contribution is 2.34. The molecule has 0 amide bonds. The maximum absolute atomic E-state index is 13.8. The van der Waals surface area contributed by atoms with Crippen LogP contribution < -0.4 is 5.48 Å². The van der Waals surface area contributed by atoms with E-state index in [-0.39, 0.29) is 30.6 Å². The van der Waals surface area contributed by atoms with Gasteiger partial charge in [0.1, 0.15) is 23.1 Å². The van der Waals surface area contributed by atoms with Crippen molar-refractivity contribution in [1.29, 1.82) is 0 Å². The number of rotatable bonds is 5. The molecule has 1 aliphatic heterocycles. The van der Waals surface area contributed by atoms with Gasteiger partial charge in [-0.1, -0.05) is 24.3 Å². The maximum Gasteiger partial charge on any atom is 0.131 e. The van der Waals surface area contributed by atoms with Crippen LogP contribution in [0.15, 0.2) is 42.5 Å². The fourth-order valence-corrected chi connectivity index (χ4v) is 2.79. The van der Waals surface area contributed by atoms with Crippen molar-refractivity contribution < 1.29 is 22.7 Å². The average molecular weight is 337 g/mol. The summed E-state index contributed by atoms with van der Waals surface area (Å²) < 4.78 is 46.4. The highest BCUT2D eigenvalue weighted by Gasteiger charge is 2.38. The van der Waals surface area contributed by atoms with E-state index in [0.717, 1.165) is 0 Å². The molecule has 1 saturated heterocycles. The minimum Gasteiger partial charge on any atom is -0.373 e. The second-order valence-electron chi connectivity index (χ2n) is 6.14. The minimum atomic E-state index is -0.714. The van der Waals surface area contributed by atoms with Crippen LogP contribution in [0, 0.1) is 17.5 Å². The Morgan fingerprint density at radius 3 is 2.46 bits per heavy atom. The molecule has 1 N–H and O–H groups in total. The molecule has 0 bridgehead atoms. The Balaban J connectivity index is 1.59. The molecule has 6 heteroatoms. The molecular formula is C18H18F3NO2. The molecule has 2 aromatic carbocycles. The molecule has 2 atom stereocenters. The molecule has 1 unspecified atom stereocenters. The van der Waals surface area contributed by atoms with Crippen molar-refractivity contribution in [1.82, 2.24) is 5.48 Å². The number of hydrogen-bond acceptors (Lipinski definition) is 3. The van der Waals surface area contributed by atoms with Crippen molar-refractivity contribution in [2.45, 2.75) is 31.6 Å². The number of nitrogens with one attached hydrogen (secondary N) is 1. The lowest BCUT2D eigenvalue weighted by Gasteiger charge is -2.21. The summed E-state index contributed by atoms with van der Waals surface area (Å²) in [7, 11) is 0. The second kappa shape index (κ2) is 6.93. The van der Waals surface area contributed by atoms with E-state index in [1.807, 2.05) is 0 Å². The molecule has 3 nitrogen and oxygen atoms in total. The van der Waals surface area contributed by atoms with Crippen LogP contribution in [-0.2, 0) is 16.2 Å². The molecule has 0 aliphatic carbocycles. The second-order valence-corrected chi connectivity index (χ2v) is 6.14. The van der Waals surface area contributed by atoms with Gasteiger partial charge in [0.2, 0.25) is 0 Å². The topological polar surface area (TPSA) is 30.5 Å². The number of benzene rings is 2. The fourth-order valence-electron chi connectivity index (χ4n) is 2.79. The molecule has 24 heavy (non-hydrogen) atoms. The summed E-state index contributed by atoms with van der Waals surface area (Å²) in [5.74, 6) is -1.60. The summed E-state index contributed by atoms with van der Waals surface area (Å²) in [6, 6.07) is 9.84. The van der Waals surface area contributed by atoms with Gasteiger partial charge in [-0.3, -0.25) is 4.84 Å². The van der Waals surface area contributed by atoms with Crippen LogP contribution in [0.3, 0.4) is 0 Å². The van der Waals surface area contributed by atoms with Gasteiger partial charge in [-0.2, -0.15) is 5.48 Å². The van der Waals surface area contributed by atoms with Gasteiger partial charge in [0.15, 0.2) is 0 Å². The maximum atomic E-state index is 13.8. The molecule has 0 radical (unpaired) electrons. The quantitative estimate of drug-likeness (QED) is 0.893. The van der Waals surface area contributed by atoms with Crippen LogP contribution in [0.1, 0.15) is 30.5 Å². The lowest BCUT2D eigenvalue weighted by atomic mass is 9.95. The summed E-state index contributed by atoms with van der Waals surface area (Å²) in [4.78, 5) is 5.53. The average Bonchev–Trinajstić information content (AvgIpc) is 2.93. The van der Waals surface area contributed by atoms with Crippen molar-refractivity contribution in [2.24, 2.45) is 0 Å². The van der Waals surface area contributed by atoms with Crippen molar-refractivity contribution in [2.75, 3.05) is 6.61 Å². The van der Waals surface area contributed by atoms with Gasteiger partial charge in [0.05, 0.1) is 19.3 Å². The Labute approximate surface area is 138 Å². The van der Waals surface area contributed by atoms with Crippen molar-refractivity contribution >= 4 is 0 Å². The number of ether oxygens (including phenoxy) is 1. The molecule has 3 rings (SSSR count). The van der Waals surface area contributed by atoms with E-state index in [2.05, 4.69) is 5.48 Å². The van der Waals surface area contributed by atoms with Gasteiger partial charge in [0, 0.05) is 17.5 Å². The molecule has 128 valence electrons. The van der Waals surface area contributed by atoms with Gasteiger partial charge in [0.25, 0.3) is 0 Å². The number of halogens is 3. The monoisotopic (exact) mass is 337 g/mol. The highest BCUT2D eigenvalue weighted by molar-refractivity contribution is 5.22. The zero-order chi connectivity index (χ0) is 17.2. The predicted octanol–water partition coefficient (Wildman–Crippen LogP) is 4.05. The van der Waals surface area contributed by atoms with Crippen LogP contribution in [0.5, 0.6) is 0 Å². The van der Waals surface area contributed by atoms with E-state index < -0.39 is 17.2 Å². The summed E-state index contributed by atoms with van der Waals surface area (Å²) in [5, 5.41) is 0. The largest absolute Gasteiger partial charge is 0.373 e. The summed E-state index contributed by atoms with van der Waals surface area (Å²) in [6.07, 6.45) is 0.480. The number of hydrogen-bond donors (Lipinski definition) is 1. The summed E-state index contributed by atoms with van der Waals surface area (Å²) in [5.41, 5.74) is 2.50. The molecule has 1 aliphatic rings. The van der Waals surface area contributed by atoms with Crippen LogP contribution in [-0.4, -0.2) is 12.2 Å². The predicted molar refractivity (Wildman–Crippen MR) is 82.4 cm³/mol. The van der Waals surface area contributed by atoms with Gasteiger partial charge < -0.3 is 4.74 Å². The van der Waals surface area contributed by atoms with Crippen molar-refractivity contribution in [3.05, 3.63) is 71.0 Å². The lowest BCUT2D eigenvalue weighted by molar-refractivity contribution is -0.0948. The zero-order valence-electron chi connectivity index (χ0n) is 13.2. The summed E-state index contributed by atoms with van der Waals surface area (Å²) >= 11 is 0. The van der Waals surface area contributed by atoms with Gasteiger partial charge in [-0.15, -0.1) is 0 Å². The molecule has 1 fully saturated rings. The smallest absolute Gasteiger partial charge is 0.131 e. The molecule has 0 aromatic heterocycles. The Hall–Kier alpha value is -1.89. The van der Waals surface area contributed by atoms with E-state index in [4.69, 9.17) is 9.57 Å². The first-order valence-electron chi connectivity index (χ1n) is 7.67. The van der Waals surface area contributed by atoms with Crippen LogP contribution in [0.2, 0.25) is 0 Å². The Morgan fingerprint density at radius 2 is 1.75 bits per heavy atom. The van der Waals surface area contributed by atoms with E-state index in [1.54, 1.807) is 25.1 Å². The Kier molecular flexibility index (Phi) is 4.89. The third-order valence-electron chi connectivity index (χ3n) is 4.08. The van der Waals surface area contributed by atoms with E-state index >= 15 is 0 Å². The molecule has 0 spiro atoms. The first kappa shape index (κ1) is 17.0. The van der Waals surface area contributed by atoms with Gasteiger partial charge >= 0.3 is 0 Å². The third kappa shape index (κ3) is 3.61. The fraction of sp³-hybridized carbons (Fsp3) is 0.333. The zero-order valence-corrected chi connectivity index (χ0v) is 13.2. The Morgan fingerprint density at radius 1 is 1.08 bits per heavy atom. The molecule has 2 aromatic rings. The summed E-state index contributed by atoms with van der Waals surface area (Å²) in [6.45, 7) is 1.74. The van der Waals surface area contributed by atoms with Crippen molar-refractivity contribution in [3.63, 3.8) is 0 Å². The minimum absolute atomic E-state index is 0.113. The van der Waals surface area contributed by atoms with E-state index in [9.17, 15) is 13.2 Å². The SMILES string of the molecule is C[C@@]1(COCc2c(F)cccc2F)CC(c2ccccc2F)NO1. The lowest BCUT2D eigenvalue weighted by Crippen LogP contribution is -2.31. The normalized spacial score (nSPS) is 23.6. The molecule has 0 saturated carbocycles. The van der Waals surface area contributed by atoms with Crippen LogP contribution >= 0.6 is 0 Å². The molecule has 1 heterocycles. The van der Waals surface area contributed by atoms with E-state index in [1.165, 1.54) is 24.3 Å². The van der Waals surface area contributed by atoms with Gasteiger partial charge in [-0.25, -0.2) is 13.2 Å². The van der Waals surface area contributed by atoms with E-state index in [0.29, 0.717) is 12.0 Å². The third-order valence-corrected chi connectivity index (χ3v) is 4.08. The van der Waals surface area contributed by atoms with Crippen LogP contribution in [0.4, 0.5) is 13.2 Å². The Bertz CT molecular complexity index is 705. The highest BCUT2D eigenvalue weighted by atomic mass is 19.1.